The van der Waals surface area contributed by atoms with E-state index in [0.29, 0.717) is 0 Å². The molecule has 2 rings (SSSR count). The highest BCUT2D eigenvalue weighted by Gasteiger charge is 2.25. The summed E-state index contributed by atoms with van der Waals surface area (Å²) < 4.78 is 4.00. The smallest absolute Gasteiger partial charge is 0.132 e. The van der Waals surface area contributed by atoms with E-state index in [9.17, 15) is 0 Å². The molecule has 0 spiro atoms. The van der Waals surface area contributed by atoms with Crippen LogP contribution in [0.15, 0.2) is 6.20 Å². The van der Waals surface area contributed by atoms with E-state index in [1.165, 1.54) is 0 Å². The van der Waals surface area contributed by atoms with Crippen molar-refractivity contribution < 1.29 is 0 Å². The first-order valence-corrected chi connectivity index (χ1v) is 7.14. The van der Waals surface area contributed by atoms with Crippen molar-refractivity contribution in [3.63, 3.8) is 0 Å². The van der Waals surface area contributed by atoms with Gasteiger partial charge in [-0.15, -0.1) is 0 Å². The van der Waals surface area contributed by atoms with Crippen molar-refractivity contribution in [2.45, 2.75) is 53.0 Å². The SMILES string of the molecule is CCCc1nc(-c2cnn(C)c2C)c(N)n1C(C)(C)C. The predicted octanol–water partition coefficient (Wildman–Crippen LogP) is 2.88. The van der Waals surface area contributed by atoms with Gasteiger partial charge >= 0.3 is 0 Å². The molecule has 110 valence electrons. The molecule has 0 atom stereocenters. The minimum Gasteiger partial charge on any atom is -0.383 e. The van der Waals surface area contributed by atoms with Crippen molar-refractivity contribution in [2.75, 3.05) is 5.73 Å². The fraction of sp³-hybridized carbons (Fsp3) is 0.600. The fourth-order valence-electron chi connectivity index (χ4n) is 2.55. The predicted molar refractivity (Wildman–Crippen MR) is 82.6 cm³/mol. The maximum atomic E-state index is 6.39. The van der Waals surface area contributed by atoms with Crippen LogP contribution in [-0.2, 0) is 19.0 Å². The molecule has 0 amide bonds. The summed E-state index contributed by atoms with van der Waals surface area (Å²) in [4.78, 5) is 4.79. The van der Waals surface area contributed by atoms with Crippen LogP contribution in [0, 0.1) is 6.92 Å². The number of rotatable bonds is 3. The number of aryl methyl sites for hydroxylation is 2. The Hall–Kier alpha value is -1.78. The van der Waals surface area contributed by atoms with Crippen LogP contribution < -0.4 is 5.73 Å². The lowest BCUT2D eigenvalue weighted by atomic mass is 10.1. The Balaban J connectivity index is 2.64. The third-order valence-electron chi connectivity index (χ3n) is 3.62. The van der Waals surface area contributed by atoms with Crippen LogP contribution in [-0.4, -0.2) is 19.3 Å². The molecule has 5 nitrogen and oxygen atoms in total. The van der Waals surface area contributed by atoms with Crippen LogP contribution in [0.4, 0.5) is 5.82 Å². The standard InChI is InChI=1S/C15H25N5/c1-7-8-12-18-13(11-9-17-19(6)10(11)2)14(16)20(12)15(3,4)5/h9H,7-8,16H2,1-6H3. The fourth-order valence-corrected chi connectivity index (χ4v) is 2.55. The maximum Gasteiger partial charge on any atom is 0.132 e. The first kappa shape index (κ1) is 14.6. The molecule has 2 heterocycles. The van der Waals surface area contributed by atoms with Gasteiger partial charge in [-0.2, -0.15) is 5.10 Å². The van der Waals surface area contributed by atoms with Crippen molar-refractivity contribution in [3.05, 3.63) is 17.7 Å². The average Bonchev–Trinajstić information content (AvgIpc) is 2.81. The minimum absolute atomic E-state index is 0.0735. The molecular formula is C15H25N5. The highest BCUT2D eigenvalue weighted by Crippen LogP contribution is 2.33. The van der Waals surface area contributed by atoms with Crippen LogP contribution in [0.5, 0.6) is 0 Å². The molecule has 20 heavy (non-hydrogen) atoms. The molecule has 0 radical (unpaired) electrons. The molecule has 0 saturated heterocycles. The molecule has 0 saturated carbocycles. The van der Waals surface area contributed by atoms with Crippen LogP contribution >= 0.6 is 0 Å². The summed E-state index contributed by atoms with van der Waals surface area (Å²) in [7, 11) is 1.93. The number of nitrogens with zero attached hydrogens (tertiary/aromatic N) is 4. The van der Waals surface area contributed by atoms with E-state index >= 15 is 0 Å². The number of aromatic nitrogens is 4. The van der Waals surface area contributed by atoms with Gasteiger partial charge in [0.1, 0.15) is 17.3 Å². The second-order valence-electron chi connectivity index (χ2n) is 6.29. The van der Waals surface area contributed by atoms with E-state index in [0.717, 1.165) is 41.4 Å². The van der Waals surface area contributed by atoms with E-state index in [1.807, 2.05) is 24.9 Å². The first-order chi connectivity index (χ1) is 9.27. The van der Waals surface area contributed by atoms with Gasteiger partial charge < -0.3 is 10.3 Å². The van der Waals surface area contributed by atoms with Crippen LogP contribution in [0.2, 0.25) is 0 Å². The summed E-state index contributed by atoms with van der Waals surface area (Å²) in [5.41, 5.74) is 9.28. The molecule has 0 aromatic carbocycles. The highest BCUT2D eigenvalue weighted by molar-refractivity contribution is 5.72. The van der Waals surface area contributed by atoms with E-state index in [2.05, 4.69) is 37.4 Å². The van der Waals surface area contributed by atoms with Crippen molar-refractivity contribution in [3.8, 4) is 11.3 Å². The zero-order valence-electron chi connectivity index (χ0n) is 13.4. The van der Waals surface area contributed by atoms with Crippen molar-refractivity contribution in [1.29, 1.82) is 0 Å². The zero-order valence-corrected chi connectivity index (χ0v) is 13.4. The quantitative estimate of drug-likeness (QED) is 0.937. The van der Waals surface area contributed by atoms with Gasteiger partial charge in [0.25, 0.3) is 0 Å². The number of hydrogen-bond donors (Lipinski definition) is 1. The Morgan fingerprint density at radius 3 is 2.40 bits per heavy atom. The van der Waals surface area contributed by atoms with Gasteiger partial charge in [-0.3, -0.25) is 4.68 Å². The number of nitrogen functional groups attached to an aromatic ring is 1. The van der Waals surface area contributed by atoms with Gasteiger partial charge in [0.2, 0.25) is 0 Å². The van der Waals surface area contributed by atoms with Crippen LogP contribution in [0.25, 0.3) is 11.3 Å². The molecule has 2 aromatic heterocycles. The van der Waals surface area contributed by atoms with Crippen molar-refractivity contribution >= 4 is 5.82 Å². The molecule has 0 unspecified atom stereocenters. The molecule has 0 aliphatic rings. The molecule has 0 aliphatic heterocycles. The van der Waals surface area contributed by atoms with Crippen LogP contribution in [0.1, 0.15) is 45.6 Å². The second-order valence-corrected chi connectivity index (χ2v) is 6.29. The molecule has 0 fully saturated rings. The van der Waals surface area contributed by atoms with Gasteiger partial charge in [-0.05, 0) is 34.1 Å². The van der Waals surface area contributed by atoms with Gasteiger partial charge in [0, 0.05) is 30.3 Å². The van der Waals surface area contributed by atoms with Crippen molar-refractivity contribution in [1.82, 2.24) is 19.3 Å². The Bertz CT molecular complexity index is 613. The topological polar surface area (TPSA) is 61.7 Å². The van der Waals surface area contributed by atoms with Gasteiger partial charge in [-0.25, -0.2) is 4.98 Å². The Morgan fingerprint density at radius 2 is 1.95 bits per heavy atom. The molecule has 0 bridgehead atoms. The lowest BCUT2D eigenvalue weighted by Gasteiger charge is -2.25. The highest BCUT2D eigenvalue weighted by atomic mass is 15.3. The van der Waals surface area contributed by atoms with E-state index < -0.39 is 0 Å². The van der Waals surface area contributed by atoms with Gasteiger partial charge in [-0.1, -0.05) is 6.92 Å². The zero-order chi connectivity index (χ0) is 15.1. The number of anilines is 1. The Kier molecular flexibility index (Phi) is 3.63. The number of nitrogens with two attached hydrogens (primary N) is 1. The summed E-state index contributed by atoms with van der Waals surface area (Å²) in [5.74, 6) is 1.79. The summed E-state index contributed by atoms with van der Waals surface area (Å²) in [5, 5.41) is 4.29. The number of imidazole rings is 1. The van der Waals surface area contributed by atoms with E-state index in [-0.39, 0.29) is 5.54 Å². The minimum atomic E-state index is -0.0735. The number of hydrogen-bond acceptors (Lipinski definition) is 3. The Labute approximate surface area is 120 Å². The van der Waals surface area contributed by atoms with Gasteiger partial charge in [0.15, 0.2) is 0 Å². The molecule has 5 heteroatoms. The van der Waals surface area contributed by atoms with E-state index in [1.54, 1.807) is 0 Å². The molecule has 0 aliphatic carbocycles. The molecule has 2 aromatic rings. The monoisotopic (exact) mass is 275 g/mol. The molecule has 2 N–H and O–H groups in total. The van der Waals surface area contributed by atoms with E-state index in [4.69, 9.17) is 10.7 Å². The maximum absolute atomic E-state index is 6.39. The second kappa shape index (κ2) is 4.96. The van der Waals surface area contributed by atoms with Crippen LogP contribution in [0.3, 0.4) is 0 Å². The average molecular weight is 275 g/mol. The molecular weight excluding hydrogens is 250 g/mol. The third kappa shape index (κ3) is 2.32. The normalized spacial score (nSPS) is 12.1. The largest absolute Gasteiger partial charge is 0.383 e. The Morgan fingerprint density at radius 1 is 1.30 bits per heavy atom. The summed E-state index contributed by atoms with van der Waals surface area (Å²) in [6, 6.07) is 0. The lowest BCUT2D eigenvalue weighted by Crippen LogP contribution is -2.25. The summed E-state index contributed by atoms with van der Waals surface area (Å²) >= 11 is 0. The summed E-state index contributed by atoms with van der Waals surface area (Å²) in [6.45, 7) is 10.7. The lowest BCUT2D eigenvalue weighted by molar-refractivity contribution is 0.387. The first-order valence-electron chi connectivity index (χ1n) is 7.14. The van der Waals surface area contributed by atoms with Crippen molar-refractivity contribution in [2.24, 2.45) is 7.05 Å². The third-order valence-corrected chi connectivity index (χ3v) is 3.62. The van der Waals surface area contributed by atoms with Gasteiger partial charge in [0.05, 0.1) is 6.20 Å². The summed E-state index contributed by atoms with van der Waals surface area (Å²) in [6.07, 6.45) is 3.83.